The Labute approximate surface area is 203 Å². The van der Waals surface area contributed by atoms with E-state index < -0.39 is 0 Å². The van der Waals surface area contributed by atoms with E-state index in [0.717, 1.165) is 22.3 Å². The van der Waals surface area contributed by atoms with Crippen molar-refractivity contribution in [2.24, 2.45) is 10.8 Å². The maximum Gasteiger partial charge on any atom is 0.186 e. The molecule has 172 valence electrons. The molecule has 4 rings (SSSR count). The van der Waals surface area contributed by atoms with Crippen LogP contribution in [0.4, 0.5) is 0 Å². The molecule has 0 aromatic heterocycles. The van der Waals surface area contributed by atoms with Crippen molar-refractivity contribution in [3.8, 4) is 0 Å². The molecule has 1 nitrogen and oxygen atoms in total. The predicted molar refractivity (Wildman–Crippen MR) is 148 cm³/mol. The molecule has 4 aromatic carbocycles. The summed E-state index contributed by atoms with van der Waals surface area (Å²) in [6.07, 6.45) is 4.16. The van der Waals surface area contributed by atoms with Gasteiger partial charge in [-0.1, -0.05) is 114 Å². The highest BCUT2D eigenvalue weighted by Gasteiger charge is 2.31. The molecule has 0 unspecified atom stereocenters. The molecule has 0 saturated carbocycles. The fraction of sp³-hybridized carbons (Fsp3) is 0.242. The Balaban J connectivity index is 1.82. The second-order valence-electron chi connectivity index (χ2n) is 11.2. The van der Waals surface area contributed by atoms with Crippen LogP contribution in [0.5, 0.6) is 0 Å². The first-order chi connectivity index (χ1) is 16.0. The lowest BCUT2D eigenvalue weighted by Gasteiger charge is -2.28. The van der Waals surface area contributed by atoms with E-state index in [1.54, 1.807) is 0 Å². The molecule has 0 spiro atoms. The lowest BCUT2D eigenvalue weighted by Crippen LogP contribution is -2.25. The van der Waals surface area contributed by atoms with Crippen LogP contribution in [0.1, 0.15) is 52.7 Å². The van der Waals surface area contributed by atoms with Gasteiger partial charge < -0.3 is 0 Å². The quantitative estimate of drug-likeness (QED) is 0.286. The van der Waals surface area contributed by atoms with Gasteiger partial charge in [-0.25, -0.2) is 0 Å². The van der Waals surface area contributed by atoms with Gasteiger partial charge in [0.15, 0.2) is 5.78 Å². The second-order valence-corrected chi connectivity index (χ2v) is 11.2. The highest BCUT2D eigenvalue weighted by Crippen LogP contribution is 2.37. The van der Waals surface area contributed by atoms with Crippen molar-refractivity contribution in [3.63, 3.8) is 0 Å². The minimum atomic E-state index is -0.295. The molecule has 0 N–H and O–H groups in total. The molecule has 0 bridgehead atoms. The maximum absolute atomic E-state index is 14.1. The normalized spacial score (nSPS) is 13.5. The molecule has 0 fully saturated rings. The standard InChI is InChI=1S/C33H34O/c1-32(2,3)29(21-23-15-17-25-11-7-9-13-27(25)19-23)31(34)30(33(4,5)6)22-24-16-18-26-12-8-10-14-28(26)20-24/h7-22H,1-6H3/b29-21-,30-22-. The second kappa shape index (κ2) is 9.06. The molecular weight excluding hydrogens is 412 g/mol. The fourth-order valence-corrected chi connectivity index (χ4v) is 4.32. The van der Waals surface area contributed by atoms with Gasteiger partial charge in [-0.15, -0.1) is 0 Å². The zero-order valence-corrected chi connectivity index (χ0v) is 21.1. The largest absolute Gasteiger partial charge is 0.289 e. The molecule has 0 saturated heterocycles. The van der Waals surface area contributed by atoms with E-state index >= 15 is 0 Å². The molecule has 0 radical (unpaired) electrons. The smallest absolute Gasteiger partial charge is 0.186 e. The summed E-state index contributed by atoms with van der Waals surface area (Å²) in [5.41, 5.74) is 3.16. The van der Waals surface area contributed by atoms with Gasteiger partial charge >= 0.3 is 0 Å². The molecular formula is C33H34O. The third kappa shape index (κ3) is 5.20. The first-order valence-electron chi connectivity index (χ1n) is 12.0. The first kappa shape index (κ1) is 23.7. The van der Waals surface area contributed by atoms with Crippen LogP contribution in [0.15, 0.2) is 96.1 Å². The van der Waals surface area contributed by atoms with Gasteiger partial charge in [-0.05, 0) is 67.8 Å². The highest BCUT2D eigenvalue weighted by atomic mass is 16.1. The maximum atomic E-state index is 14.1. The van der Waals surface area contributed by atoms with Gasteiger partial charge in [0.25, 0.3) is 0 Å². The minimum absolute atomic E-state index is 0.112. The molecule has 0 amide bonds. The number of rotatable bonds is 4. The minimum Gasteiger partial charge on any atom is -0.289 e. The Hall–Kier alpha value is -3.45. The average molecular weight is 447 g/mol. The van der Waals surface area contributed by atoms with Crippen LogP contribution < -0.4 is 0 Å². The van der Waals surface area contributed by atoms with Crippen LogP contribution in [0, 0.1) is 10.8 Å². The van der Waals surface area contributed by atoms with Gasteiger partial charge in [0.05, 0.1) is 0 Å². The van der Waals surface area contributed by atoms with Gasteiger partial charge in [0.1, 0.15) is 0 Å². The SMILES string of the molecule is CC(C)(C)/C(=C\c1ccc2ccccc2c1)C(=O)/C(=C/c1ccc2ccccc2c1)C(C)(C)C. The molecule has 0 aliphatic heterocycles. The van der Waals surface area contributed by atoms with E-state index in [2.05, 4.69) is 139 Å². The number of ketones is 1. The van der Waals surface area contributed by atoms with Crippen molar-refractivity contribution in [2.75, 3.05) is 0 Å². The topological polar surface area (TPSA) is 17.1 Å². The number of Topliss-reactive ketones (excluding diaryl/α,β-unsaturated/α-hetero) is 1. The summed E-state index contributed by atoms with van der Waals surface area (Å²) in [4.78, 5) is 14.1. The molecule has 0 aliphatic carbocycles. The Morgan fingerprint density at radius 3 is 1.24 bits per heavy atom. The van der Waals surface area contributed by atoms with E-state index in [4.69, 9.17) is 0 Å². The number of benzene rings is 4. The van der Waals surface area contributed by atoms with Gasteiger partial charge in [-0.2, -0.15) is 0 Å². The monoisotopic (exact) mass is 446 g/mol. The summed E-state index contributed by atoms with van der Waals surface area (Å²) < 4.78 is 0. The molecule has 0 aliphatic rings. The number of carbonyl (C=O) groups excluding carboxylic acids is 1. The molecule has 34 heavy (non-hydrogen) atoms. The zero-order chi connectivity index (χ0) is 24.5. The van der Waals surface area contributed by atoms with Crippen molar-refractivity contribution >= 4 is 39.5 Å². The van der Waals surface area contributed by atoms with Crippen LogP contribution in [0.25, 0.3) is 33.7 Å². The summed E-state index contributed by atoms with van der Waals surface area (Å²) in [7, 11) is 0. The van der Waals surface area contributed by atoms with Gasteiger partial charge in [-0.3, -0.25) is 4.79 Å². The van der Waals surface area contributed by atoms with Gasteiger partial charge in [0, 0.05) is 11.1 Å². The van der Waals surface area contributed by atoms with Crippen molar-refractivity contribution < 1.29 is 4.79 Å². The number of allylic oxidation sites excluding steroid dienone is 2. The lowest BCUT2D eigenvalue weighted by molar-refractivity contribution is -0.113. The summed E-state index contributed by atoms with van der Waals surface area (Å²) >= 11 is 0. The van der Waals surface area contributed by atoms with E-state index in [1.165, 1.54) is 21.5 Å². The van der Waals surface area contributed by atoms with Crippen LogP contribution in [-0.2, 0) is 4.79 Å². The Kier molecular flexibility index (Phi) is 6.32. The summed E-state index contributed by atoms with van der Waals surface area (Å²) in [5.74, 6) is 0.112. The number of hydrogen-bond donors (Lipinski definition) is 0. The first-order valence-corrected chi connectivity index (χ1v) is 12.0. The third-order valence-corrected chi connectivity index (χ3v) is 6.27. The Morgan fingerprint density at radius 2 is 0.882 bits per heavy atom. The highest BCUT2D eigenvalue weighted by molar-refractivity contribution is 6.15. The van der Waals surface area contributed by atoms with Crippen molar-refractivity contribution in [1.82, 2.24) is 0 Å². The van der Waals surface area contributed by atoms with Crippen LogP contribution in [0.2, 0.25) is 0 Å². The van der Waals surface area contributed by atoms with E-state index in [0.29, 0.717) is 0 Å². The van der Waals surface area contributed by atoms with E-state index in [-0.39, 0.29) is 16.6 Å². The van der Waals surface area contributed by atoms with E-state index in [1.807, 2.05) is 0 Å². The Bertz CT molecular complexity index is 1310. The number of fused-ring (bicyclic) bond motifs is 2. The zero-order valence-electron chi connectivity index (χ0n) is 21.1. The van der Waals surface area contributed by atoms with Crippen LogP contribution >= 0.6 is 0 Å². The molecule has 0 atom stereocenters. The lowest BCUT2D eigenvalue weighted by atomic mass is 9.74. The van der Waals surface area contributed by atoms with Crippen molar-refractivity contribution in [1.29, 1.82) is 0 Å². The average Bonchev–Trinajstić information content (AvgIpc) is 2.79. The summed E-state index contributed by atoms with van der Waals surface area (Å²) in [5, 5.41) is 4.77. The molecule has 0 heterocycles. The summed E-state index contributed by atoms with van der Waals surface area (Å²) in [6, 6.07) is 29.5. The molecule has 4 aromatic rings. The molecule has 1 heteroatoms. The number of carbonyl (C=O) groups is 1. The van der Waals surface area contributed by atoms with Crippen molar-refractivity contribution in [3.05, 3.63) is 107 Å². The predicted octanol–water partition coefficient (Wildman–Crippen LogP) is 9.12. The summed E-state index contributed by atoms with van der Waals surface area (Å²) in [6.45, 7) is 12.7. The van der Waals surface area contributed by atoms with Crippen LogP contribution in [-0.4, -0.2) is 5.78 Å². The van der Waals surface area contributed by atoms with Crippen LogP contribution in [0.3, 0.4) is 0 Å². The third-order valence-electron chi connectivity index (χ3n) is 6.27. The van der Waals surface area contributed by atoms with Gasteiger partial charge in [0.2, 0.25) is 0 Å². The van der Waals surface area contributed by atoms with E-state index in [9.17, 15) is 4.79 Å². The van der Waals surface area contributed by atoms with Crippen molar-refractivity contribution in [2.45, 2.75) is 41.5 Å². The number of hydrogen-bond acceptors (Lipinski definition) is 1. The Morgan fingerprint density at radius 1 is 0.529 bits per heavy atom. The fourth-order valence-electron chi connectivity index (χ4n) is 4.32.